The Morgan fingerprint density at radius 1 is 1.00 bits per heavy atom. The summed E-state index contributed by atoms with van der Waals surface area (Å²) in [4.78, 5) is 16.9. The first kappa shape index (κ1) is 20.3. The Balaban J connectivity index is 1.52. The van der Waals surface area contributed by atoms with Crippen molar-refractivity contribution in [3.8, 4) is 0 Å². The molecular weight excluding hydrogens is 341 g/mol. The molecule has 2 aliphatic rings. The van der Waals surface area contributed by atoms with Gasteiger partial charge in [-0.15, -0.1) is 0 Å². The van der Waals surface area contributed by atoms with E-state index in [9.17, 15) is 4.79 Å². The van der Waals surface area contributed by atoms with Gasteiger partial charge in [0.2, 0.25) is 5.91 Å². The lowest BCUT2D eigenvalue weighted by Gasteiger charge is -2.33. The summed E-state index contributed by atoms with van der Waals surface area (Å²) in [6.07, 6.45) is 0. The van der Waals surface area contributed by atoms with E-state index in [0.717, 1.165) is 43.9 Å². The van der Waals surface area contributed by atoms with Crippen molar-refractivity contribution in [3.63, 3.8) is 0 Å². The highest BCUT2D eigenvalue weighted by Gasteiger charge is 2.51. The van der Waals surface area contributed by atoms with Crippen LogP contribution in [0.25, 0.3) is 0 Å². The summed E-state index contributed by atoms with van der Waals surface area (Å²) in [5, 5.41) is 2.99. The maximum atomic E-state index is 12.3. The number of nitrogens with zero attached hydrogens (tertiary/aromatic N) is 2. The molecule has 148 valence electrons. The zero-order valence-electron chi connectivity index (χ0n) is 17.2. The SMILES string of the molecule is CCN1CCN(CC(=O)Nc2ccc(B3OC(C)(C)C(C)(C)O3)cc2)CC1. The van der Waals surface area contributed by atoms with E-state index in [1.165, 1.54) is 0 Å². The summed E-state index contributed by atoms with van der Waals surface area (Å²) in [5.74, 6) is 0.0309. The number of anilines is 1. The van der Waals surface area contributed by atoms with E-state index >= 15 is 0 Å². The third-order valence-electron chi connectivity index (χ3n) is 6.00. The van der Waals surface area contributed by atoms with Crippen molar-refractivity contribution in [2.45, 2.75) is 45.8 Å². The first-order valence-electron chi connectivity index (χ1n) is 9.90. The largest absolute Gasteiger partial charge is 0.494 e. The molecule has 1 N–H and O–H groups in total. The summed E-state index contributed by atoms with van der Waals surface area (Å²) in [5.41, 5.74) is 1.05. The van der Waals surface area contributed by atoms with E-state index in [1.54, 1.807) is 0 Å². The number of carbonyl (C=O) groups excluding carboxylic acids is 1. The number of amides is 1. The molecule has 0 bridgehead atoms. The van der Waals surface area contributed by atoms with Crippen molar-refractivity contribution in [3.05, 3.63) is 24.3 Å². The molecule has 3 rings (SSSR count). The van der Waals surface area contributed by atoms with Gasteiger partial charge in [-0.05, 0) is 51.8 Å². The van der Waals surface area contributed by atoms with E-state index in [-0.39, 0.29) is 24.2 Å². The molecule has 2 fully saturated rings. The van der Waals surface area contributed by atoms with Crippen molar-refractivity contribution >= 4 is 24.2 Å². The van der Waals surface area contributed by atoms with Gasteiger partial charge in [0.1, 0.15) is 0 Å². The lowest BCUT2D eigenvalue weighted by molar-refractivity contribution is -0.117. The minimum atomic E-state index is -0.380. The molecule has 0 aromatic heterocycles. The van der Waals surface area contributed by atoms with Crippen LogP contribution in [0, 0.1) is 0 Å². The maximum absolute atomic E-state index is 12.3. The van der Waals surface area contributed by atoms with Crippen LogP contribution in [-0.4, -0.2) is 73.3 Å². The summed E-state index contributed by atoms with van der Waals surface area (Å²) < 4.78 is 12.1. The second kappa shape index (κ2) is 7.91. The van der Waals surface area contributed by atoms with Crippen molar-refractivity contribution in [1.29, 1.82) is 0 Å². The van der Waals surface area contributed by atoms with Gasteiger partial charge in [-0.1, -0.05) is 19.1 Å². The molecule has 0 spiro atoms. The van der Waals surface area contributed by atoms with Gasteiger partial charge >= 0.3 is 7.12 Å². The Hall–Kier alpha value is -1.41. The number of rotatable bonds is 5. The van der Waals surface area contributed by atoms with Gasteiger partial charge < -0.3 is 19.5 Å². The Kier molecular flexibility index (Phi) is 5.96. The molecular formula is C20H32BN3O3. The second-order valence-electron chi connectivity index (χ2n) is 8.47. The normalized spacial score (nSPS) is 22.8. The topological polar surface area (TPSA) is 54.0 Å². The quantitative estimate of drug-likeness (QED) is 0.794. The number of nitrogens with one attached hydrogen (secondary N) is 1. The molecule has 2 heterocycles. The van der Waals surface area contributed by atoms with Gasteiger partial charge in [0.25, 0.3) is 0 Å². The van der Waals surface area contributed by atoms with Crippen molar-refractivity contribution in [1.82, 2.24) is 9.80 Å². The van der Waals surface area contributed by atoms with Crippen LogP contribution >= 0.6 is 0 Å². The summed E-state index contributed by atoms with van der Waals surface area (Å²) in [7, 11) is -0.380. The molecule has 27 heavy (non-hydrogen) atoms. The number of carbonyl (C=O) groups is 1. The Morgan fingerprint density at radius 2 is 1.52 bits per heavy atom. The molecule has 0 unspecified atom stereocenters. The summed E-state index contributed by atoms with van der Waals surface area (Å²) >= 11 is 0. The lowest BCUT2D eigenvalue weighted by atomic mass is 9.79. The smallest absolute Gasteiger partial charge is 0.399 e. The van der Waals surface area contributed by atoms with Gasteiger partial charge in [0, 0.05) is 31.9 Å². The number of likely N-dealkylation sites (N-methyl/N-ethyl adjacent to an activating group) is 1. The molecule has 2 saturated heterocycles. The highest BCUT2D eigenvalue weighted by molar-refractivity contribution is 6.62. The lowest BCUT2D eigenvalue weighted by Crippen LogP contribution is -2.48. The number of hydrogen-bond acceptors (Lipinski definition) is 5. The first-order valence-corrected chi connectivity index (χ1v) is 9.90. The molecule has 1 amide bonds. The van der Waals surface area contributed by atoms with Crippen LogP contribution in [-0.2, 0) is 14.1 Å². The average molecular weight is 373 g/mol. The first-order chi connectivity index (χ1) is 12.7. The number of piperazine rings is 1. The molecule has 0 atom stereocenters. The molecule has 1 aromatic rings. The van der Waals surface area contributed by atoms with Crippen LogP contribution in [0.2, 0.25) is 0 Å². The van der Waals surface area contributed by atoms with Crippen LogP contribution in [0.15, 0.2) is 24.3 Å². The molecule has 6 nitrogen and oxygen atoms in total. The third-order valence-corrected chi connectivity index (χ3v) is 6.00. The van der Waals surface area contributed by atoms with Gasteiger partial charge in [-0.25, -0.2) is 0 Å². The summed E-state index contributed by atoms with van der Waals surface area (Å²) in [6, 6.07) is 7.73. The van der Waals surface area contributed by atoms with Crippen molar-refractivity contribution < 1.29 is 14.1 Å². The minimum Gasteiger partial charge on any atom is -0.399 e. The zero-order chi connectivity index (χ0) is 19.7. The molecule has 0 radical (unpaired) electrons. The second-order valence-corrected chi connectivity index (χ2v) is 8.47. The fourth-order valence-electron chi connectivity index (χ4n) is 3.37. The Bertz CT molecular complexity index is 639. The Morgan fingerprint density at radius 3 is 2.04 bits per heavy atom. The van der Waals surface area contributed by atoms with E-state index in [2.05, 4.69) is 22.0 Å². The molecule has 2 aliphatic heterocycles. The van der Waals surface area contributed by atoms with Crippen LogP contribution in [0.1, 0.15) is 34.6 Å². The maximum Gasteiger partial charge on any atom is 0.494 e. The van der Waals surface area contributed by atoms with Crippen molar-refractivity contribution in [2.75, 3.05) is 44.6 Å². The zero-order valence-corrected chi connectivity index (χ0v) is 17.2. The minimum absolute atomic E-state index is 0.0309. The van der Waals surface area contributed by atoms with E-state index < -0.39 is 0 Å². The third kappa shape index (κ3) is 4.72. The van der Waals surface area contributed by atoms with E-state index in [4.69, 9.17) is 9.31 Å². The number of benzene rings is 1. The van der Waals surface area contributed by atoms with Gasteiger partial charge in [-0.2, -0.15) is 0 Å². The summed E-state index contributed by atoms with van der Waals surface area (Å²) in [6.45, 7) is 15.8. The van der Waals surface area contributed by atoms with Gasteiger partial charge in [0.05, 0.1) is 17.7 Å². The molecule has 0 aliphatic carbocycles. The van der Waals surface area contributed by atoms with Crippen LogP contribution < -0.4 is 10.8 Å². The predicted octanol–water partition coefficient (Wildman–Crippen LogP) is 1.56. The molecule has 7 heteroatoms. The Labute approximate surface area is 163 Å². The van der Waals surface area contributed by atoms with E-state index in [0.29, 0.717) is 6.54 Å². The van der Waals surface area contributed by atoms with E-state index in [1.807, 2.05) is 52.0 Å². The number of hydrogen-bond donors (Lipinski definition) is 1. The predicted molar refractivity (Wildman–Crippen MR) is 109 cm³/mol. The van der Waals surface area contributed by atoms with Crippen LogP contribution in [0.5, 0.6) is 0 Å². The highest BCUT2D eigenvalue weighted by atomic mass is 16.7. The fraction of sp³-hybridized carbons (Fsp3) is 0.650. The monoisotopic (exact) mass is 373 g/mol. The highest BCUT2D eigenvalue weighted by Crippen LogP contribution is 2.36. The van der Waals surface area contributed by atoms with Crippen LogP contribution in [0.4, 0.5) is 5.69 Å². The van der Waals surface area contributed by atoms with Crippen molar-refractivity contribution in [2.24, 2.45) is 0 Å². The average Bonchev–Trinajstić information content (AvgIpc) is 2.84. The molecule has 1 aromatic carbocycles. The standard InChI is InChI=1S/C20H32BN3O3/c1-6-23-11-13-24(14-12-23)15-18(25)22-17-9-7-16(8-10-17)21-26-19(2,3)20(4,5)27-21/h7-10H,6,11-15H2,1-5H3,(H,22,25). The fourth-order valence-corrected chi connectivity index (χ4v) is 3.37. The van der Waals surface area contributed by atoms with Gasteiger partial charge in [-0.3, -0.25) is 9.69 Å². The van der Waals surface area contributed by atoms with Crippen LogP contribution in [0.3, 0.4) is 0 Å². The molecule has 0 saturated carbocycles. The van der Waals surface area contributed by atoms with Gasteiger partial charge in [0.15, 0.2) is 0 Å².